The molecule has 0 aliphatic carbocycles. The second kappa shape index (κ2) is 6.74. The van der Waals surface area contributed by atoms with Crippen LogP contribution < -0.4 is 5.32 Å². The van der Waals surface area contributed by atoms with Crippen LogP contribution in [-0.2, 0) is 6.54 Å². The normalized spacial score (nSPS) is 11.0. The molecule has 1 aromatic rings. The Balaban J connectivity index is 2.37. The average molecular weight is 243 g/mol. The average Bonchev–Trinajstić information content (AvgIpc) is 2.27. The Morgan fingerprint density at radius 1 is 1.44 bits per heavy atom. The van der Waals surface area contributed by atoms with Crippen LogP contribution in [0.25, 0.3) is 0 Å². The summed E-state index contributed by atoms with van der Waals surface area (Å²) in [6.45, 7) is 5.64. The summed E-state index contributed by atoms with van der Waals surface area (Å²) in [6.07, 6.45) is 0. The Labute approximate surface area is 102 Å². The second-order valence-electron chi connectivity index (χ2n) is 3.81. The fourth-order valence-electron chi connectivity index (χ4n) is 1.36. The number of phenols is 1. The predicted molar refractivity (Wildman–Crippen MR) is 68.0 cm³/mol. The summed E-state index contributed by atoms with van der Waals surface area (Å²) in [5.74, 6) is 0.254. The van der Waals surface area contributed by atoms with Crippen LogP contribution in [0.5, 0.6) is 5.75 Å². The lowest BCUT2D eigenvalue weighted by atomic mass is 10.2. The number of likely N-dealkylation sites (N-methyl/N-ethyl adjacent to an activating group) is 1. The van der Waals surface area contributed by atoms with Gasteiger partial charge in [0, 0.05) is 30.2 Å². The molecule has 0 aliphatic heterocycles. The molecule has 0 bridgehead atoms. The van der Waals surface area contributed by atoms with Gasteiger partial charge in [-0.05, 0) is 25.7 Å². The van der Waals surface area contributed by atoms with E-state index in [-0.39, 0.29) is 5.75 Å². The maximum atomic E-state index is 9.61. The zero-order valence-corrected chi connectivity index (χ0v) is 10.6. The molecule has 0 fully saturated rings. The number of hydrogen-bond donors (Lipinski definition) is 2. The highest BCUT2D eigenvalue weighted by Crippen LogP contribution is 2.24. The van der Waals surface area contributed by atoms with Gasteiger partial charge in [0.05, 0.1) is 0 Å². The fourth-order valence-corrected chi connectivity index (χ4v) is 1.60. The van der Waals surface area contributed by atoms with Crippen molar-refractivity contribution >= 4 is 11.6 Å². The molecule has 16 heavy (non-hydrogen) atoms. The van der Waals surface area contributed by atoms with Gasteiger partial charge in [0.25, 0.3) is 0 Å². The summed E-state index contributed by atoms with van der Waals surface area (Å²) in [6, 6.07) is 5.18. The minimum Gasteiger partial charge on any atom is -0.508 e. The van der Waals surface area contributed by atoms with Gasteiger partial charge in [-0.1, -0.05) is 24.6 Å². The first-order valence-electron chi connectivity index (χ1n) is 5.50. The SMILES string of the molecule is CCN(C)CCNCc1c(O)cccc1Cl. The Morgan fingerprint density at radius 3 is 2.81 bits per heavy atom. The van der Waals surface area contributed by atoms with Crippen LogP contribution in [0.1, 0.15) is 12.5 Å². The molecular formula is C12H19ClN2O. The highest BCUT2D eigenvalue weighted by molar-refractivity contribution is 6.31. The van der Waals surface area contributed by atoms with Crippen LogP contribution in [-0.4, -0.2) is 36.7 Å². The third-order valence-electron chi connectivity index (χ3n) is 2.61. The van der Waals surface area contributed by atoms with E-state index in [9.17, 15) is 5.11 Å². The summed E-state index contributed by atoms with van der Waals surface area (Å²) in [5.41, 5.74) is 0.767. The van der Waals surface area contributed by atoms with E-state index in [0.29, 0.717) is 11.6 Å². The van der Waals surface area contributed by atoms with Gasteiger partial charge >= 0.3 is 0 Å². The molecule has 0 amide bonds. The summed E-state index contributed by atoms with van der Waals surface area (Å²) >= 11 is 5.99. The van der Waals surface area contributed by atoms with Gasteiger partial charge in [0.1, 0.15) is 5.75 Å². The molecular weight excluding hydrogens is 224 g/mol. The molecule has 0 aromatic heterocycles. The van der Waals surface area contributed by atoms with Crippen LogP contribution in [0, 0.1) is 0 Å². The first-order valence-corrected chi connectivity index (χ1v) is 5.88. The van der Waals surface area contributed by atoms with E-state index in [0.717, 1.165) is 25.2 Å². The lowest BCUT2D eigenvalue weighted by Gasteiger charge is -2.14. The van der Waals surface area contributed by atoms with Crippen molar-refractivity contribution < 1.29 is 5.11 Å². The highest BCUT2D eigenvalue weighted by atomic mass is 35.5. The van der Waals surface area contributed by atoms with E-state index in [2.05, 4.69) is 24.2 Å². The largest absolute Gasteiger partial charge is 0.508 e. The van der Waals surface area contributed by atoms with Crippen LogP contribution >= 0.6 is 11.6 Å². The summed E-state index contributed by atoms with van der Waals surface area (Å²) in [7, 11) is 2.08. The quantitative estimate of drug-likeness (QED) is 0.750. The van der Waals surface area contributed by atoms with E-state index >= 15 is 0 Å². The van der Waals surface area contributed by atoms with Gasteiger partial charge in [-0.3, -0.25) is 0 Å². The maximum Gasteiger partial charge on any atom is 0.121 e. The molecule has 0 atom stereocenters. The number of benzene rings is 1. The van der Waals surface area contributed by atoms with Crippen LogP contribution in [0.4, 0.5) is 0 Å². The zero-order valence-electron chi connectivity index (χ0n) is 9.83. The van der Waals surface area contributed by atoms with Gasteiger partial charge < -0.3 is 15.3 Å². The van der Waals surface area contributed by atoms with Crippen molar-refractivity contribution in [2.45, 2.75) is 13.5 Å². The first-order chi connectivity index (χ1) is 7.65. The third-order valence-corrected chi connectivity index (χ3v) is 2.96. The molecule has 4 heteroatoms. The number of phenolic OH excluding ortho intramolecular Hbond substituents is 1. The molecule has 0 aliphatic rings. The Bertz CT molecular complexity index is 311. The number of nitrogens with zero attached hydrogens (tertiary/aromatic N) is 1. The van der Waals surface area contributed by atoms with E-state index < -0.39 is 0 Å². The van der Waals surface area contributed by atoms with Gasteiger partial charge in [0.2, 0.25) is 0 Å². The lowest BCUT2D eigenvalue weighted by Crippen LogP contribution is -2.28. The van der Waals surface area contributed by atoms with Crippen molar-refractivity contribution in [3.63, 3.8) is 0 Å². The molecule has 90 valence electrons. The lowest BCUT2D eigenvalue weighted by molar-refractivity contribution is 0.348. The summed E-state index contributed by atoms with van der Waals surface area (Å²) in [5, 5.41) is 13.5. The predicted octanol–water partition coefficient (Wildman–Crippen LogP) is 2.09. The third kappa shape index (κ3) is 4.00. The number of aromatic hydroxyl groups is 1. The molecule has 0 spiro atoms. The monoisotopic (exact) mass is 242 g/mol. The van der Waals surface area contributed by atoms with Crippen molar-refractivity contribution in [3.05, 3.63) is 28.8 Å². The Morgan fingerprint density at radius 2 is 2.19 bits per heavy atom. The minimum atomic E-state index is 0.254. The fraction of sp³-hybridized carbons (Fsp3) is 0.500. The number of hydrogen-bond acceptors (Lipinski definition) is 3. The van der Waals surface area contributed by atoms with E-state index in [1.54, 1.807) is 18.2 Å². The summed E-state index contributed by atoms with van der Waals surface area (Å²) in [4.78, 5) is 2.22. The van der Waals surface area contributed by atoms with Crippen molar-refractivity contribution in [1.82, 2.24) is 10.2 Å². The van der Waals surface area contributed by atoms with Crippen LogP contribution in [0.15, 0.2) is 18.2 Å². The molecule has 2 N–H and O–H groups in total. The molecule has 1 aromatic carbocycles. The summed E-state index contributed by atoms with van der Waals surface area (Å²) < 4.78 is 0. The van der Waals surface area contributed by atoms with Crippen molar-refractivity contribution in [3.8, 4) is 5.75 Å². The van der Waals surface area contributed by atoms with Crippen LogP contribution in [0.2, 0.25) is 5.02 Å². The van der Waals surface area contributed by atoms with E-state index in [4.69, 9.17) is 11.6 Å². The second-order valence-corrected chi connectivity index (χ2v) is 4.22. The standard InChI is InChI=1S/C12H19ClN2O/c1-3-15(2)8-7-14-9-10-11(13)5-4-6-12(10)16/h4-6,14,16H,3,7-9H2,1-2H3. The zero-order chi connectivity index (χ0) is 12.0. The molecule has 0 unspecified atom stereocenters. The molecule has 1 rings (SSSR count). The van der Waals surface area contributed by atoms with Gasteiger partial charge in [-0.15, -0.1) is 0 Å². The van der Waals surface area contributed by atoms with Gasteiger partial charge in [-0.25, -0.2) is 0 Å². The van der Waals surface area contributed by atoms with E-state index in [1.165, 1.54) is 0 Å². The van der Waals surface area contributed by atoms with E-state index in [1.807, 2.05) is 0 Å². The number of nitrogens with one attached hydrogen (secondary N) is 1. The Kier molecular flexibility index (Phi) is 5.60. The molecule has 3 nitrogen and oxygen atoms in total. The maximum absolute atomic E-state index is 9.61. The molecule has 0 saturated heterocycles. The molecule has 0 heterocycles. The minimum absolute atomic E-state index is 0.254. The Hall–Kier alpha value is -0.770. The van der Waals surface area contributed by atoms with Gasteiger partial charge in [0.15, 0.2) is 0 Å². The van der Waals surface area contributed by atoms with Crippen molar-refractivity contribution in [1.29, 1.82) is 0 Å². The number of rotatable bonds is 6. The number of halogens is 1. The highest BCUT2D eigenvalue weighted by Gasteiger charge is 2.04. The smallest absolute Gasteiger partial charge is 0.121 e. The first kappa shape index (κ1) is 13.3. The van der Waals surface area contributed by atoms with Gasteiger partial charge in [-0.2, -0.15) is 0 Å². The van der Waals surface area contributed by atoms with Crippen molar-refractivity contribution in [2.75, 3.05) is 26.7 Å². The topological polar surface area (TPSA) is 35.5 Å². The molecule has 0 radical (unpaired) electrons. The van der Waals surface area contributed by atoms with Crippen molar-refractivity contribution in [2.24, 2.45) is 0 Å². The molecule has 0 saturated carbocycles. The van der Waals surface area contributed by atoms with Crippen LogP contribution in [0.3, 0.4) is 0 Å².